The van der Waals surface area contributed by atoms with Crippen LogP contribution in [0.5, 0.6) is 0 Å². The zero-order valence-corrected chi connectivity index (χ0v) is 12.9. The first-order chi connectivity index (χ1) is 11.7. The Morgan fingerprint density at radius 2 is 1.75 bits per heavy atom. The molecule has 1 aromatic carbocycles. The lowest BCUT2D eigenvalue weighted by Gasteiger charge is -2.32. The minimum atomic E-state index is -0.317. The van der Waals surface area contributed by atoms with Crippen molar-refractivity contribution in [3.8, 4) is 0 Å². The molecule has 1 fully saturated rings. The lowest BCUT2D eigenvalue weighted by Crippen LogP contribution is -2.48. The van der Waals surface area contributed by atoms with E-state index in [0.29, 0.717) is 37.7 Å². The second-order valence-electron chi connectivity index (χ2n) is 5.37. The van der Waals surface area contributed by atoms with Crippen molar-refractivity contribution in [1.29, 1.82) is 0 Å². The van der Waals surface area contributed by atoms with Crippen LogP contribution in [0.2, 0.25) is 0 Å². The number of aromatic nitrogens is 2. The highest BCUT2D eigenvalue weighted by Gasteiger charge is 2.22. The topological polar surface area (TPSA) is 78.4 Å². The molecule has 0 spiro atoms. The summed E-state index contributed by atoms with van der Waals surface area (Å²) in [7, 11) is 0. The monoisotopic (exact) mass is 329 g/mol. The number of carbonyl (C=O) groups is 2. The average molecular weight is 329 g/mol. The third kappa shape index (κ3) is 3.65. The number of halogens is 1. The van der Waals surface area contributed by atoms with Crippen LogP contribution in [-0.4, -0.2) is 58.5 Å². The van der Waals surface area contributed by atoms with Gasteiger partial charge in [0.05, 0.1) is 0 Å². The van der Waals surface area contributed by atoms with Gasteiger partial charge in [-0.2, -0.15) is 0 Å². The summed E-state index contributed by atoms with van der Waals surface area (Å²) in [5.74, 6) is -0.0624. The average Bonchev–Trinajstić information content (AvgIpc) is 2.64. The molecule has 8 heteroatoms. The number of anilines is 2. The van der Waals surface area contributed by atoms with Crippen LogP contribution < -0.4 is 5.32 Å². The van der Waals surface area contributed by atoms with Crippen molar-refractivity contribution in [2.75, 3.05) is 31.5 Å². The second kappa shape index (κ2) is 7.03. The number of rotatable bonds is 4. The van der Waals surface area contributed by atoms with Gasteiger partial charge in [-0.05, 0) is 36.4 Å². The summed E-state index contributed by atoms with van der Waals surface area (Å²) in [6, 6.07) is 9.09. The van der Waals surface area contributed by atoms with Crippen molar-refractivity contribution >= 4 is 23.8 Å². The molecular weight excluding hydrogens is 313 g/mol. The Bertz CT molecular complexity index is 712. The van der Waals surface area contributed by atoms with Crippen LogP contribution in [0, 0.1) is 5.82 Å². The van der Waals surface area contributed by atoms with Crippen LogP contribution in [-0.2, 0) is 4.79 Å². The normalized spacial score (nSPS) is 14.4. The molecular formula is C16H16FN5O2. The Morgan fingerprint density at radius 3 is 2.33 bits per heavy atom. The van der Waals surface area contributed by atoms with Gasteiger partial charge in [0, 0.05) is 31.9 Å². The molecule has 0 radical (unpaired) electrons. The quantitative estimate of drug-likeness (QED) is 0.855. The maximum Gasteiger partial charge on any atom is 0.274 e. The van der Waals surface area contributed by atoms with Crippen molar-refractivity contribution in [3.63, 3.8) is 0 Å². The lowest BCUT2D eigenvalue weighted by atomic mass is 10.2. The highest BCUT2D eigenvalue weighted by molar-refractivity contribution is 5.92. The maximum atomic E-state index is 12.9. The van der Waals surface area contributed by atoms with Crippen molar-refractivity contribution < 1.29 is 14.0 Å². The van der Waals surface area contributed by atoms with Crippen molar-refractivity contribution in [3.05, 3.63) is 47.9 Å². The van der Waals surface area contributed by atoms with Gasteiger partial charge in [-0.15, -0.1) is 10.2 Å². The number of benzene rings is 1. The Labute approximate surface area is 138 Å². The number of nitrogens with one attached hydrogen (secondary N) is 1. The summed E-state index contributed by atoms with van der Waals surface area (Å²) in [5, 5.41) is 10.9. The lowest BCUT2D eigenvalue weighted by molar-refractivity contribution is -0.119. The first-order valence-electron chi connectivity index (χ1n) is 7.50. The van der Waals surface area contributed by atoms with Crippen LogP contribution in [0.15, 0.2) is 36.4 Å². The van der Waals surface area contributed by atoms with E-state index < -0.39 is 0 Å². The standard InChI is InChI=1S/C16H16FN5O2/c17-12-1-3-13(4-2-12)18-15-6-5-14(19-20-15)16(24)22-9-7-21(11-23)8-10-22/h1-6,11H,7-10H2,(H,18,20). The zero-order valence-electron chi connectivity index (χ0n) is 12.9. The third-order valence-corrected chi connectivity index (χ3v) is 3.75. The second-order valence-corrected chi connectivity index (χ2v) is 5.37. The summed E-state index contributed by atoms with van der Waals surface area (Å²) in [6.07, 6.45) is 0.789. The number of hydrogen-bond donors (Lipinski definition) is 1. The Morgan fingerprint density at radius 1 is 1.04 bits per heavy atom. The van der Waals surface area contributed by atoms with E-state index in [2.05, 4.69) is 15.5 Å². The van der Waals surface area contributed by atoms with Crippen molar-refractivity contribution in [1.82, 2.24) is 20.0 Å². The van der Waals surface area contributed by atoms with E-state index in [4.69, 9.17) is 0 Å². The summed E-state index contributed by atoms with van der Waals surface area (Å²) < 4.78 is 12.9. The molecule has 7 nitrogen and oxygen atoms in total. The highest BCUT2D eigenvalue weighted by atomic mass is 19.1. The fourth-order valence-corrected chi connectivity index (χ4v) is 2.39. The van der Waals surface area contributed by atoms with E-state index in [1.165, 1.54) is 12.1 Å². The number of piperazine rings is 1. The van der Waals surface area contributed by atoms with Gasteiger partial charge in [-0.25, -0.2) is 4.39 Å². The number of hydrogen-bond acceptors (Lipinski definition) is 5. The maximum absolute atomic E-state index is 12.9. The van der Waals surface area contributed by atoms with Gasteiger partial charge in [-0.1, -0.05) is 0 Å². The first-order valence-corrected chi connectivity index (χ1v) is 7.50. The molecule has 2 amide bonds. The van der Waals surface area contributed by atoms with Gasteiger partial charge < -0.3 is 15.1 Å². The Balaban J connectivity index is 1.62. The molecule has 124 valence electrons. The Kier molecular flexibility index (Phi) is 4.64. The van der Waals surface area contributed by atoms with Crippen LogP contribution >= 0.6 is 0 Å². The van der Waals surface area contributed by atoms with Crippen molar-refractivity contribution in [2.24, 2.45) is 0 Å². The fraction of sp³-hybridized carbons (Fsp3) is 0.250. The van der Waals surface area contributed by atoms with Crippen LogP contribution in [0.25, 0.3) is 0 Å². The number of amides is 2. The van der Waals surface area contributed by atoms with E-state index in [1.807, 2.05) is 0 Å². The highest BCUT2D eigenvalue weighted by Crippen LogP contribution is 2.15. The van der Waals surface area contributed by atoms with E-state index >= 15 is 0 Å². The first kappa shape index (κ1) is 15.9. The molecule has 2 aromatic rings. The smallest absolute Gasteiger partial charge is 0.274 e. The molecule has 1 aromatic heterocycles. The molecule has 1 aliphatic heterocycles. The van der Waals surface area contributed by atoms with Gasteiger partial charge in [-0.3, -0.25) is 9.59 Å². The number of carbonyl (C=O) groups excluding carboxylic acids is 2. The van der Waals surface area contributed by atoms with Gasteiger partial charge in [0.25, 0.3) is 5.91 Å². The SMILES string of the molecule is O=CN1CCN(C(=O)c2ccc(Nc3ccc(F)cc3)nn2)CC1. The minimum Gasteiger partial charge on any atom is -0.342 e. The molecule has 0 atom stereocenters. The molecule has 2 heterocycles. The fourth-order valence-electron chi connectivity index (χ4n) is 2.39. The van der Waals surface area contributed by atoms with Crippen LogP contribution in [0.3, 0.4) is 0 Å². The molecule has 1 aliphatic rings. The molecule has 3 rings (SSSR count). The summed E-state index contributed by atoms with van der Waals surface area (Å²) in [5.41, 5.74) is 0.925. The van der Waals surface area contributed by atoms with Gasteiger partial charge >= 0.3 is 0 Å². The Hall–Kier alpha value is -3.03. The van der Waals surface area contributed by atoms with Gasteiger partial charge in [0.1, 0.15) is 5.82 Å². The van der Waals surface area contributed by atoms with E-state index in [1.54, 1.807) is 34.1 Å². The molecule has 1 saturated heterocycles. The van der Waals surface area contributed by atoms with Crippen molar-refractivity contribution in [2.45, 2.75) is 0 Å². The number of nitrogens with zero attached hydrogens (tertiary/aromatic N) is 4. The molecule has 0 bridgehead atoms. The third-order valence-electron chi connectivity index (χ3n) is 3.75. The minimum absolute atomic E-state index is 0.207. The molecule has 24 heavy (non-hydrogen) atoms. The van der Waals surface area contributed by atoms with E-state index in [-0.39, 0.29) is 17.4 Å². The summed E-state index contributed by atoms with van der Waals surface area (Å²) in [4.78, 5) is 26.3. The molecule has 0 unspecified atom stereocenters. The van der Waals surface area contributed by atoms with Crippen LogP contribution in [0.1, 0.15) is 10.5 Å². The molecule has 1 N–H and O–H groups in total. The summed E-state index contributed by atoms with van der Waals surface area (Å²) >= 11 is 0. The van der Waals surface area contributed by atoms with Gasteiger partial charge in [0.2, 0.25) is 6.41 Å². The zero-order chi connectivity index (χ0) is 16.9. The van der Waals surface area contributed by atoms with Gasteiger partial charge in [0.15, 0.2) is 11.5 Å². The predicted octanol–water partition coefficient (Wildman–Crippen LogP) is 1.27. The van der Waals surface area contributed by atoms with E-state index in [0.717, 1.165) is 6.41 Å². The molecule has 0 saturated carbocycles. The predicted molar refractivity (Wildman–Crippen MR) is 85.3 cm³/mol. The van der Waals surface area contributed by atoms with Crippen LogP contribution in [0.4, 0.5) is 15.9 Å². The largest absolute Gasteiger partial charge is 0.342 e. The van der Waals surface area contributed by atoms with E-state index in [9.17, 15) is 14.0 Å². The summed E-state index contributed by atoms with van der Waals surface area (Å²) in [6.45, 7) is 2.00. The molecule has 0 aliphatic carbocycles.